The van der Waals surface area contributed by atoms with Crippen LogP contribution in [0.2, 0.25) is 0 Å². The number of thiophene rings is 1. The van der Waals surface area contributed by atoms with E-state index in [-0.39, 0.29) is 25.1 Å². The summed E-state index contributed by atoms with van der Waals surface area (Å²) in [6.07, 6.45) is 0.720. The first-order chi connectivity index (χ1) is 8.72. The highest BCUT2D eigenvalue weighted by Gasteiger charge is 2.07. The van der Waals surface area contributed by atoms with Crippen molar-refractivity contribution in [3.05, 3.63) is 41.3 Å². The molecular weight excluding hydrogens is 282 g/mol. The van der Waals surface area contributed by atoms with Crippen molar-refractivity contribution >= 4 is 23.7 Å². The zero-order valence-corrected chi connectivity index (χ0v) is 12.3. The first kappa shape index (κ1) is 16.0. The summed E-state index contributed by atoms with van der Waals surface area (Å²) in [6, 6.07) is 12.0. The molecule has 0 bridgehead atoms. The molecule has 2 rings (SSSR count). The predicted octanol–water partition coefficient (Wildman–Crippen LogP) is 2.71. The average Bonchev–Trinajstić information content (AvgIpc) is 2.87. The van der Waals surface area contributed by atoms with Crippen LogP contribution in [0.3, 0.4) is 0 Å². The number of ether oxygens (including phenoxy) is 1. The summed E-state index contributed by atoms with van der Waals surface area (Å²) < 4.78 is 5.14. The van der Waals surface area contributed by atoms with Gasteiger partial charge in [0.15, 0.2) is 0 Å². The van der Waals surface area contributed by atoms with E-state index < -0.39 is 0 Å². The Morgan fingerprint density at radius 3 is 2.47 bits per heavy atom. The maximum atomic E-state index is 8.94. The first-order valence-corrected chi connectivity index (χ1v) is 6.64. The topological polar surface area (TPSA) is 55.5 Å². The van der Waals surface area contributed by atoms with Crippen LogP contribution in [-0.2, 0) is 6.42 Å². The van der Waals surface area contributed by atoms with Crippen molar-refractivity contribution in [3.63, 3.8) is 0 Å². The van der Waals surface area contributed by atoms with Crippen LogP contribution in [-0.4, -0.2) is 24.9 Å². The molecule has 1 atom stereocenters. The van der Waals surface area contributed by atoms with Gasteiger partial charge in [-0.3, -0.25) is 0 Å². The molecule has 0 amide bonds. The number of benzene rings is 1. The number of hydrogen-bond acceptors (Lipinski definition) is 4. The van der Waals surface area contributed by atoms with Crippen molar-refractivity contribution in [1.82, 2.24) is 0 Å². The summed E-state index contributed by atoms with van der Waals surface area (Å²) in [5.74, 6) is 0.859. The third-order valence-electron chi connectivity index (χ3n) is 2.73. The second kappa shape index (κ2) is 7.50. The van der Waals surface area contributed by atoms with E-state index in [2.05, 4.69) is 12.1 Å². The Labute approximate surface area is 123 Å². The Morgan fingerprint density at radius 2 is 1.89 bits per heavy atom. The number of aliphatic hydroxyl groups excluding tert-OH is 1. The minimum atomic E-state index is -0.174. The Hall–Kier alpha value is -1.07. The van der Waals surface area contributed by atoms with Crippen LogP contribution >= 0.6 is 23.7 Å². The van der Waals surface area contributed by atoms with Gasteiger partial charge >= 0.3 is 0 Å². The molecule has 0 saturated heterocycles. The minimum absolute atomic E-state index is 0. The standard InChI is InChI=1S/C14H17NO2S.ClH/c1-17-12-4-2-10(3-5-12)14-7-6-13(18-14)8-11(15)9-16;/h2-7,11,16H,8-9,15H2,1H3;1H. The lowest BCUT2D eigenvalue weighted by atomic mass is 10.2. The zero-order chi connectivity index (χ0) is 13.0. The molecule has 0 fully saturated rings. The van der Waals surface area contributed by atoms with Gasteiger partial charge in [0.2, 0.25) is 0 Å². The van der Waals surface area contributed by atoms with Gasteiger partial charge in [-0.05, 0) is 48.4 Å². The predicted molar refractivity (Wildman–Crippen MR) is 82.3 cm³/mol. The van der Waals surface area contributed by atoms with Gasteiger partial charge in [0.1, 0.15) is 5.75 Å². The molecule has 2 aromatic rings. The molecule has 19 heavy (non-hydrogen) atoms. The molecule has 0 aliphatic rings. The van der Waals surface area contributed by atoms with Gasteiger partial charge < -0.3 is 15.6 Å². The largest absolute Gasteiger partial charge is 0.497 e. The van der Waals surface area contributed by atoms with Crippen LogP contribution in [0.1, 0.15) is 4.88 Å². The van der Waals surface area contributed by atoms with Gasteiger partial charge in [0.25, 0.3) is 0 Å². The average molecular weight is 300 g/mol. The summed E-state index contributed by atoms with van der Waals surface area (Å²) in [5.41, 5.74) is 6.90. The van der Waals surface area contributed by atoms with E-state index in [9.17, 15) is 0 Å². The van der Waals surface area contributed by atoms with E-state index in [4.69, 9.17) is 15.6 Å². The molecule has 0 saturated carbocycles. The smallest absolute Gasteiger partial charge is 0.118 e. The normalized spacial score (nSPS) is 11.7. The van der Waals surface area contributed by atoms with E-state index >= 15 is 0 Å². The lowest BCUT2D eigenvalue weighted by Crippen LogP contribution is -2.26. The molecule has 1 unspecified atom stereocenters. The number of aliphatic hydroxyl groups is 1. The van der Waals surface area contributed by atoms with Crippen molar-refractivity contribution in [2.45, 2.75) is 12.5 Å². The van der Waals surface area contributed by atoms with E-state index in [0.29, 0.717) is 0 Å². The number of rotatable bonds is 5. The summed E-state index contributed by atoms with van der Waals surface area (Å²) in [7, 11) is 1.66. The van der Waals surface area contributed by atoms with Crippen LogP contribution in [0.25, 0.3) is 10.4 Å². The molecule has 104 valence electrons. The summed E-state index contributed by atoms with van der Waals surface area (Å²) in [4.78, 5) is 2.40. The van der Waals surface area contributed by atoms with Crippen molar-refractivity contribution in [2.75, 3.05) is 13.7 Å². The highest BCUT2D eigenvalue weighted by atomic mass is 35.5. The highest BCUT2D eigenvalue weighted by molar-refractivity contribution is 7.15. The van der Waals surface area contributed by atoms with Crippen LogP contribution in [0.15, 0.2) is 36.4 Å². The van der Waals surface area contributed by atoms with E-state index in [1.54, 1.807) is 18.4 Å². The van der Waals surface area contributed by atoms with Crippen LogP contribution in [0.4, 0.5) is 0 Å². The summed E-state index contributed by atoms with van der Waals surface area (Å²) >= 11 is 1.71. The SMILES string of the molecule is COc1ccc(-c2ccc(CC(N)CO)s2)cc1.Cl. The highest BCUT2D eigenvalue weighted by Crippen LogP contribution is 2.29. The fourth-order valence-electron chi connectivity index (χ4n) is 1.72. The van der Waals surface area contributed by atoms with Gasteiger partial charge in [-0.1, -0.05) is 0 Å². The second-order valence-electron chi connectivity index (χ2n) is 4.14. The van der Waals surface area contributed by atoms with Gasteiger partial charge in [-0.25, -0.2) is 0 Å². The molecule has 1 heterocycles. The Bertz CT molecular complexity index is 498. The molecule has 0 aliphatic heterocycles. The van der Waals surface area contributed by atoms with Crippen molar-refractivity contribution < 1.29 is 9.84 Å². The second-order valence-corrected chi connectivity index (χ2v) is 5.31. The van der Waals surface area contributed by atoms with E-state index in [1.807, 2.05) is 24.3 Å². The van der Waals surface area contributed by atoms with Crippen LogP contribution < -0.4 is 10.5 Å². The molecule has 1 aromatic heterocycles. The van der Waals surface area contributed by atoms with E-state index in [0.717, 1.165) is 12.2 Å². The van der Waals surface area contributed by atoms with Gasteiger partial charge in [0, 0.05) is 15.8 Å². The monoisotopic (exact) mass is 299 g/mol. The lowest BCUT2D eigenvalue weighted by Gasteiger charge is -2.04. The molecular formula is C14H18ClNO2S. The molecule has 0 spiro atoms. The maximum absolute atomic E-state index is 8.94. The quantitative estimate of drug-likeness (QED) is 0.892. The Morgan fingerprint density at radius 1 is 1.21 bits per heavy atom. The molecule has 1 aromatic carbocycles. The number of nitrogens with two attached hydrogens (primary N) is 1. The lowest BCUT2D eigenvalue weighted by molar-refractivity contribution is 0.266. The number of methoxy groups -OCH3 is 1. The Kier molecular flexibility index (Phi) is 6.31. The first-order valence-electron chi connectivity index (χ1n) is 5.82. The zero-order valence-electron chi connectivity index (χ0n) is 10.7. The third kappa shape index (κ3) is 4.21. The third-order valence-corrected chi connectivity index (χ3v) is 3.89. The van der Waals surface area contributed by atoms with Crippen LogP contribution in [0, 0.1) is 0 Å². The summed E-state index contributed by atoms with van der Waals surface area (Å²) in [6.45, 7) is 0.0236. The summed E-state index contributed by atoms with van der Waals surface area (Å²) in [5, 5.41) is 8.94. The van der Waals surface area contributed by atoms with Crippen LogP contribution in [0.5, 0.6) is 5.75 Å². The molecule has 0 radical (unpaired) electrons. The van der Waals surface area contributed by atoms with Gasteiger partial charge in [-0.2, -0.15) is 0 Å². The minimum Gasteiger partial charge on any atom is -0.497 e. The molecule has 3 N–H and O–H groups in total. The van der Waals surface area contributed by atoms with Crippen molar-refractivity contribution in [3.8, 4) is 16.2 Å². The number of hydrogen-bond donors (Lipinski definition) is 2. The number of halogens is 1. The maximum Gasteiger partial charge on any atom is 0.118 e. The van der Waals surface area contributed by atoms with Crippen molar-refractivity contribution in [2.24, 2.45) is 5.73 Å². The fraction of sp³-hybridized carbons (Fsp3) is 0.286. The molecule has 5 heteroatoms. The Balaban J connectivity index is 0.00000180. The van der Waals surface area contributed by atoms with Gasteiger partial charge in [-0.15, -0.1) is 23.7 Å². The van der Waals surface area contributed by atoms with E-state index in [1.165, 1.54) is 15.3 Å². The molecule has 3 nitrogen and oxygen atoms in total. The van der Waals surface area contributed by atoms with Crippen molar-refractivity contribution in [1.29, 1.82) is 0 Å². The molecule has 0 aliphatic carbocycles. The van der Waals surface area contributed by atoms with Gasteiger partial charge in [0.05, 0.1) is 13.7 Å². The fourth-order valence-corrected chi connectivity index (χ4v) is 2.83.